The molecule has 1 aliphatic heterocycles. The number of benzene rings is 1. The molecule has 1 aromatic carbocycles. The van der Waals surface area contributed by atoms with Crippen molar-refractivity contribution in [3.63, 3.8) is 0 Å². The quantitative estimate of drug-likeness (QED) is 0.684. The van der Waals surface area contributed by atoms with Gasteiger partial charge in [0.25, 0.3) is 0 Å². The fraction of sp³-hybridized carbons (Fsp3) is 0.429. The molecule has 0 radical (unpaired) electrons. The number of aromatic nitrogens is 1. The minimum Gasteiger partial charge on any atom is -0.494 e. The number of nitrogens with one attached hydrogen (secondary N) is 1. The van der Waals surface area contributed by atoms with Gasteiger partial charge in [0.15, 0.2) is 0 Å². The van der Waals surface area contributed by atoms with Crippen LogP contribution in [0.4, 0.5) is 5.82 Å². The maximum Gasteiger partial charge on any atom is 0.220 e. The molecule has 1 aromatic heterocycles. The van der Waals surface area contributed by atoms with Gasteiger partial charge in [0.2, 0.25) is 5.91 Å². The first kappa shape index (κ1) is 20.4. The summed E-state index contributed by atoms with van der Waals surface area (Å²) in [5.74, 6) is 1.71. The molecule has 1 atom stereocenters. The third-order valence-electron chi connectivity index (χ3n) is 4.49. The predicted octanol–water partition coefficient (Wildman–Crippen LogP) is 3.44. The number of carbonyl (C=O) groups is 1. The minimum absolute atomic E-state index is 0.00536. The average molecular weight is 404 g/mol. The number of hydrogen-bond donors (Lipinski definition) is 1. The summed E-state index contributed by atoms with van der Waals surface area (Å²) in [6, 6.07) is 11.2. The second kappa shape index (κ2) is 10.3. The number of hydrogen-bond acceptors (Lipinski definition) is 5. The molecule has 150 valence electrons. The standard InChI is InChI=1S/C21H26ClN3O3/c1-16-15-25(10-12-27-16)20-9-4-17(13-23-20)14-24-21(26)3-2-11-28-19-7-5-18(22)6-8-19/h4-9,13,16H,2-3,10-12,14-15H2,1H3,(H,24,26). The Morgan fingerprint density at radius 2 is 2.14 bits per heavy atom. The molecule has 1 N–H and O–H groups in total. The Morgan fingerprint density at radius 3 is 2.86 bits per heavy atom. The molecule has 1 amide bonds. The molecule has 6 nitrogen and oxygen atoms in total. The molecule has 0 aliphatic carbocycles. The Morgan fingerprint density at radius 1 is 1.32 bits per heavy atom. The lowest BCUT2D eigenvalue weighted by molar-refractivity contribution is -0.121. The summed E-state index contributed by atoms with van der Waals surface area (Å²) in [5, 5.41) is 3.60. The van der Waals surface area contributed by atoms with Crippen LogP contribution in [-0.4, -0.2) is 43.3 Å². The second-order valence-corrected chi connectivity index (χ2v) is 7.27. The van der Waals surface area contributed by atoms with Gasteiger partial charge < -0.3 is 19.7 Å². The lowest BCUT2D eigenvalue weighted by atomic mass is 10.2. The molecular weight excluding hydrogens is 378 g/mol. The minimum atomic E-state index is 0.00536. The van der Waals surface area contributed by atoms with Gasteiger partial charge in [-0.15, -0.1) is 0 Å². The van der Waals surface area contributed by atoms with E-state index in [1.54, 1.807) is 12.1 Å². The number of halogens is 1. The maximum absolute atomic E-state index is 12.0. The van der Waals surface area contributed by atoms with E-state index in [1.165, 1.54) is 0 Å². The van der Waals surface area contributed by atoms with Crippen LogP contribution in [0.3, 0.4) is 0 Å². The van der Waals surface area contributed by atoms with Crippen molar-refractivity contribution in [3.05, 3.63) is 53.2 Å². The largest absolute Gasteiger partial charge is 0.494 e. The van der Waals surface area contributed by atoms with E-state index in [4.69, 9.17) is 21.1 Å². The highest BCUT2D eigenvalue weighted by atomic mass is 35.5. The summed E-state index contributed by atoms with van der Waals surface area (Å²) >= 11 is 5.83. The first-order valence-corrected chi connectivity index (χ1v) is 9.94. The van der Waals surface area contributed by atoms with Crippen LogP contribution in [0.2, 0.25) is 5.02 Å². The van der Waals surface area contributed by atoms with Crippen molar-refractivity contribution in [2.45, 2.75) is 32.4 Å². The molecule has 2 heterocycles. The number of rotatable bonds is 8. The number of anilines is 1. The Balaban J connectivity index is 1.34. The van der Waals surface area contributed by atoms with Crippen molar-refractivity contribution in [2.75, 3.05) is 31.2 Å². The Bertz CT molecular complexity index is 752. The van der Waals surface area contributed by atoms with Crippen LogP contribution in [0.5, 0.6) is 5.75 Å². The predicted molar refractivity (Wildman–Crippen MR) is 110 cm³/mol. The molecule has 28 heavy (non-hydrogen) atoms. The van der Waals surface area contributed by atoms with E-state index in [0.29, 0.717) is 31.0 Å². The van der Waals surface area contributed by atoms with Crippen LogP contribution in [0.25, 0.3) is 0 Å². The van der Waals surface area contributed by atoms with Crippen LogP contribution in [0.1, 0.15) is 25.3 Å². The SMILES string of the molecule is CC1CN(c2ccc(CNC(=O)CCCOc3ccc(Cl)cc3)cn2)CCO1. The number of amides is 1. The topological polar surface area (TPSA) is 63.7 Å². The van der Waals surface area contributed by atoms with Crippen LogP contribution >= 0.6 is 11.6 Å². The molecule has 2 aromatic rings. The summed E-state index contributed by atoms with van der Waals surface area (Å²) < 4.78 is 11.1. The van der Waals surface area contributed by atoms with E-state index in [-0.39, 0.29) is 12.0 Å². The lowest BCUT2D eigenvalue weighted by Gasteiger charge is -2.32. The fourth-order valence-electron chi connectivity index (χ4n) is 2.98. The third-order valence-corrected chi connectivity index (χ3v) is 4.75. The first-order chi connectivity index (χ1) is 13.6. The Hall–Kier alpha value is -2.31. The maximum atomic E-state index is 12.0. The monoisotopic (exact) mass is 403 g/mol. The highest BCUT2D eigenvalue weighted by molar-refractivity contribution is 6.30. The van der Waals surface area contributed by atoms with Crippen LogP contribution < -0.4 is 15.0 Å². The Kier molecular flexibility index (Phi) is 7.51. The average Bonchev–Trinajstić information content (AvgIpc) is 2.71. The van der Waals surface area contributed by atoms with E-state index >= 15 is 0 Å². The van der Waals surface area contributed by atoms with Crippen LogP contribution in [-0.2, 0) is 16.1 Å². The molecule has 7 heteroatoms. The lowest BCUT2D eigenvalue weighted by Crippen LogP contribution is -2.41. The third kappa shape index (κ3) is 6.39. The molecular formula is C21H26ClN3O3. The van der Waals surface area contributed by atoms with Gasteiger partial charge in [-0.25, -0.2) is 4.98 Å². The molecule has 0 bridgehead atoms. The van der Waals surface area contributed by atoms with Crippen molar-refractivity contribution in [3.8, 4) is 5.75 Å². The highest BCUT2D eigenvalue weighted by Crippen LogP contribution is 2.16. The van der Waals surface area contributed by atoms with Gasteiger partial charge in [-0.1, -0.05) is 17.7 Å². The zero-order valence-corrected chi connectivity index (χ0v) is 16.8. The number of carbonyl (C=O) groups excluding carboxylic acids is 1. The van der Waals surface area contributed by atoms with Gasteiger partial charge in [-0.3, -0.25) is 4.79 Å². The number of nitrogens with zero attached hydrogens (tertiary/aromatic N) is 2. The fourth-order valence-corrected chi connectivity index (χ4v) is 3.10. The number of ether oxygens (including phenoxy) is 2. The van der Waals surface area contributed by atoms with Crippen molar-refractivity contribution >= 4 is 23.3 Å². The molecule has 0 saturated carbocycles. The number of morpholine rings is 1. The van der Waals surface area contributed by atoms with Crippen LogP contribution in [0.15, 0.2) is 42.6 Å². The zero-order valence-electron chi connectivity index (χ0n) is 16.1. The van der Waals surface area contributed by atoms with Crippen molar-refractivity contribution in [1.82, 2.24) is 10.3 Å². The number of pyridine rings is 1. The van der Waals surface area contributed by atoms with Gasteiger partial charge >= 0.3 is 0 Å². The van der Waals surface area contributed by atoms with E-state index in [2.05, 4.69) is 22.1 Å². The highest BCUT2D eigenvalue weighted by Gasteiger charge is 2.17. The van der Waals surface area contributed by atoms with E-state index in [0.717, 1.165) is 36.8 Å². The van der Waals surface area contributed by atoms with Gasteiger partial charge in [-0.05, 0) is 49.2 Å². The van der Waals surface area contributed by atoms with Crippen molar-refractivity contribution < 1.29 is 14.3 Å². The molecule has 3 rings (SSSR count). The van der Waals surface area contributed by atoms with Crippen molar-refractivity contribution in [2.24, 2.45) is 0 Å². The zero-order chi connectivity index (χ0) is 19.8. The molecule has 0 spiro atoms. The molecule has 1 saturated heterocycles. The first-order valence-electron chi connectivity index (χ1n) is 9.57. The molecule has 1 unspecified atom stereocenters. The van der Waals surface area contributed by atoms with Gasteiger partial charge in [0, 0.05) is 37.3 Å². The van der Waals surface area contributed by atoms with Crippen LogP contribution in [0, 0.1) is 0 Å². The molecule has 1 fully saturated rings. The summed E-state index contributed by atoms with van der Waals surface area (Å²) in [5.41, 5.74) is 0.982. The van der Waals surface area contributed by atoms with Gasteiger partial charge in [-0.2, -0.15) is 0 Å². The van der Waals surface area contributed by atoms with E-state index in [1.807, 2.05) is 30.5 Å². The normalized spacial score (nSPS) is 16.6. The Labute approximate surface area is 170 Å². The summed E-state index contributed by atoms with van der Waals surface area (Å²) in [6.45, 7) is 5.46. The summed E-state index contributed by atoms with van der Waals surface area (Å²) in [7, 11) is 0. The van der Waals surface area contributed by atoms with Gasteiger partial charge in [0.1, 0.15) is 11.6 Å². The molecule has 1 aliphatic rings. The van der Waals surface area contributed by atoms with E-state index < -0.39 is 0 Å². The van der Waals surface area contributed by atoms with Crippen molar-refractivity contribution in [1.29, 1.82) is 0 Å². The second-order valence-electron chi connectivity index (χ2n) is 6.83. The van der Waals surface area contributed by atoms with Gasteiger partial charge in [0.05, 0.1) is 19.3 Å². The summed E-state index contributed by atoms with van der Waals surface area (Å²) in [6.07, 6.45) is 3.11. The smallest absolute Gasteiger partial charge is 0.220 e. The van der Waals surface area contributed by atoms with E-state index in [9.17, 15) is 4.79 Å². The summed E-state index contributed by atoms with van der Waals surface area (Å²) in [4.78, 5) is 18.7.